The molecule has 128 valence electrons. The van der Waals surface area contributed by atoms with E-state index in [1.807, 2.05) is 6.07 Å². The summed E-state index contributed by atoms with van der Waals surface area (Å²) in [6.07, 6.45) is 3.53. The summed E-state index contributed by atoms with van der Waals surface area (Å²) in [5.74, 6) is 0.924. The number of ether oxygens (including phenoxy) is 3. The highest BCUT2D eigenvalue weighted by Gasteiger charge is 2.29. The average molecular weight is 320 g/mol. The van der Waals surface area contributed by atoms with Crippen molar-refractivity contribution < 1.29 is 14.2 Å². The molecule has 5 heteroatoms. The normalized spacial score (nSPS) is 26.3. The fraction of sp³-hybridized carbons (Fsp3) is 0.667. The van der Waals surface area contributed by atoms with Crippen LogP contribution in [0.2, 0.25) is 0 Å². The summed E-state index contributed by atoms with van der Waals surface area (Å²) in [5.41, 5.74) is 1.25. The van der Waals surface area contributed by atoms with Crippen LogP contribution in [-0.4, -0.2) is 58.7 Å². The Labute approximate surface area is 138 Å². The van der Waals surface area contributed by atoms with Crippen molar-refractivity contribution in [3.05, 3.63) is 24.3 Å². The topological polar surface area (TPSA) is 43.0 Å². The highest BCUT2D eigenvalue weighted by Crippen LogP contribution is 2.24. The van der Waals surface area contributed by atoms with E-state index in [4.69, 9.17) is 14.2 Å². The Balaban J connectivity index is 1.51. The molecule has 2 atom stereocenters. The predicted octanol–water partition coefficient (Wildman–Crippen LogP) is 2.06. The van der Waals surface area contributed by atoms with E-state index >= 15 is 0 Å². The Morgan fingerprint density at radius 1 is 1.17 bits per heavy atom. The van der Waals surface area contributed by atoms with Gasteiger partial charge < -0.3 is 24.4 Å². The van der Waals surface area contributed by atoms with Gasteiger partial charge in [0.05, 0.1) is 19.8 Å². The van der Waals surface area contributed by atoms with Gasteiger partial charge in [-0.1, -0.05) is 6.07 Å². The van der Waals surface area contributed by atoms with Crippen molar-refractivity contribution in [3.8, 4) is 5.75 Å². The van der Waals surface area contributed by atoms with Crippen molar-refractivity contribution >= 4 is 5.69 Å². The standard InChI is InChI=1S/C18H28N2O3/c1-21-16-5-3-4-15(12-16)20-9-6-14(7-10-20)19-17-8-11-23-13-18(17)22-2/h3-5,12,14,17-19H,6-11,13H2,1-2H3/t17-,18-/m1/s1. The van der Waals surface area contributed by atoms with E-state index in [2.05, 4.69) is 28.4 Å². The van der Waals surface area contributed by atoms with Crippen LogP contribution in [0.1, 0.15) is 19.3 Å². The molecule has 0 aromatic heterocycles. The number of hydrogen-bond donors (Lipinski definition) is 1. The van der Waals surface area contributed by atoms with Gasteiger partial charge in [-0.25, -0.2) is 0 Å². The number of nitrogens with zero attached hydrogens (tertiary/aromatic N) is 1. The number of nitrogens with one attached hydrogen (secondary N) is 1. The van der Waals surface area contributed by atoms with E-state index < -0.39 is 0 Å². The van der Waals surface area contributed by atoms with Crippen LogP contribution < -0.4 is 15.0 Å². The van der Waals surface area contributed by atoms with E-state index in [0.29, 0.717) is 18.7 Å². The maximum atomic E-state index is 5.55. The second-order valence-electron chi connectivity index (χ2n) is 6.37. The molecular weight excluding hydrogens is 292 g/mol. The summed E-state index contributed by atoms with van der Waals surface area (Å²) < 4.78 is 16.4. The van der Waals surface area contributed by atoms with E-state index in [0.717, 1.165) is 44.7 Å². The minimum Gasteiger partial charge on any atom is -0.497 e. The Morgan fingerprint density at radius 2 is 2.00 bits per heavy atom. The Hall–Kier alpha value is -1.30. The first-order valence-corrected chi connectivity index (χ1v) is 8.55. The number of methoxy groups -OCH3 is 2. The van der Waals surface area contributed by atoms with E-state index in [1.54, 1.807) is 14.2 Å². The van der Waals surface area contributed by atoms with Crippen LogP contribution in [0.25, 0.3) is 0 Å². The van der Waals surface area contributed by atoms with Crippen molar-refractivity contribution in [2.75, 3.05) is 45.4 Å². The van der Waals surface area contributed by atoms with Gasteiger partial charge in [-0.2, -0.15) is 0 Å². The maximum absolute atomic E-state index is 5.55. The molecule has 0 spiro atoms. The SMILES string of the molecule is COc1cccc(N2CCC(N[C@@H]3CCOC[C@H]3OC)CC2)c1. The van der Waals surface area contributed by atoms with E-state index in [1.165, 1.54) is 5.69 Å². The first kappa shape index (κ1) is 16.6. The molecule has 0 unspecified atom stereocenters. The van der Waals surface area contributed by atoms with Crippen molar-refractivity contribution in [1.82, 2.24) is 5.32 Å². The average Bonchev–Trinajstić information content (AvgIpc) is 2.63. The largest absolute Gasteiger partial charge is 0.497 e. The molecule has 5 nitrogen and oxygen atoms in total. The van der Waals surface area contributed by atoms with Crippen molar-refractivity contribution in [3.63, 3.8) is 0 Å². The van der Waals surface area contributed by atoms with Crippen molar-refractivity contribution in [2.24, 2.45) is 0 Å². The zero-order chi connectivity index (χ0) is 16.1. The van der Waals surface area contributed by atoms with Gasteiger partial charge in [0.2, 0.25) is 0 Å². The number of rotatable bonds is 5. The monoisotopic (exact) mass is 320 g/mol. The Kier molecular flexibility index (Phi) is 5.75. The number of benzene rings is 1. The molecule has 0 saturated carbocycles. The van der Waals surface area contributed by atoms with Gasteiger partial charge in [0.25, 0.3) is 0 Å². The molecule has 2 fully saturated rings. The summed E-state index contributed by atoms with van der Waals surface area (Å²) in [6.45, 7) is 3.69. The van der Waals surface area contributed by atoms with Gasteiger partial charge in [-0.05, 0) is 31.4 Å². The smallest absolute Gasteiger partial charge is 0.120 e. The fourth-order valence-electron chi connectivity index (χ4n) is 3.55. The van der Waals surface area contributed by atoms with Gasteiger partial charge in [0.15, 0.2) is 0 Å². The van der Waals surface area contributed by atoms with Crippen LogP contribution in [0, 0.1) is 0 Å². The quantitative estimate of drug-likeness (QED) is 0.899. The van der Waals surface area contributed by atoms with Crippen molar-refractivity contribution in [2.45, 2.75) is 37.5 Å². The third-order valence-electron chi connectivity index (χ3n) is 4.97. The minimum absolute atomic E-state index is 0.181. The van der Waals surface area contributed by atoms with Crippen LogP contribution >= 0.6 is 0 Å². The Morgan fingerprint density at radius 3 is 2.74 bits per heavy atom. The summed E-state index contributed by atoms with van der Waals surface area (Å²) in [4.78, 5) is 2.44. The maximum Gasteiger partial charge on any atom is 0.120 e. The number of piperidine rings is 1. The molecule has 3 rings (SSSR count). The third-order valence-corrected chi connectivity index (χ3v) is 4.97. The lowest BCUT2D eigenvalue weighted by Crippen LogP contribution is -2.53. The summed E-state index contributed by atoms with van der Waals surface area (Å²) in [6, 6.07) is 9.32. The molecule has 0 amide bonds. The summed E-state index contributed by atoms with van der Waals surface area (Å²) in [7, 11) is 3.49. The second kappa shape index (κ2) is 7.99. The molecule has 0 aliphatic carbocycles. The predicted molar refractivity (Wildman–Crippen MR) is 91.4 cm³/mol. The van der Waals surface area contributed by atoms with Crippen LogP contribution in [0.4, 0.5) is 5.69 Å². The van der Waals surface area contributed by atoms with Gasteiger partial charge in [0, 0.05) is 50.6 Å². The summed E-state index contributed by atoms with van der Waals surface area (Å²) >= 11 is 0. The molecule has 1 N–H and O–H groups in total. The van der Waals surface area contributed by atoms with E-state index in [9.17, 15) is 0 Å². The summed E-state index contributed by atoms with van der Waals surface area (Å²) in [5, 5.41) is 3.80. The first-order chi connectivity index (χ1) is 11.3. The van der Waals surface area contributed by atoms with Gasteiger partial charge in [-0.15, -0.1) is 0 Å². The fourth-order valence-corrected chi connectivity index (χ4v) is 3.55. The lowest BCUT2D eigenvalue weighted by Gasteiger charge is -2.38. The number of hydrogen-bond acceptors (Lipinski definition) is 5. The molecular formula is C18H28N2O3. The lowest BCUT2D eigenvalue weighted by molar-refractivity contribution is -0.0526. The van der Waals surface area contributed by atoms with Crippen LogP contribution in [-0.2, 0) is 9.47 Å². The zero-order valence-electron chi connectivity index (χ0n) is 14.2. The molecule has 2 saturated heterocycles. The van der Waals surface area contributed by atoms with Gasteiger partial charge in [-0.3, -0.25) is 0 Å². The first-order valence-electron chi connectivity index (χ1n) is 8.55. The second-order valence-corrected chi connectivity index (χ2v) is 6.37. The van der Waals surface area contributed by atoms with Gasteiger partial charge in [0.1, 0.15) is 5.75 Å². The van der Waals surface area contributed by atoms with Crippen molar-refractivity contribution in [1.29, 1.82) is 0 Å². The van der Waals surface area contributed by atoms with Crippen LogP contribution in [0.3, 0.4) is 0 Å². The van der Waals surface area contributed by atoms with Crippen LogP contribution in [0.15, 0.2) is 24.3 Å². The number of anilines is 1. The molecule has 0 bridgehead atoms. The lowest BCUT2D eigenvalue weighted by atomic mass is 9.99. The zero-order valence-corrected chi connectivity index (χ0v) is 14.2. The highest BCUT2D eigenvalue weighted by molar-refractivity contribution is 5.51. The molecule has 2 aliphatic rings. The molecule has 2 aliphatic heterocycles. The Bertz CT molecular complexity index is 489. The van der Waals surface area contributed by atoms with Gasteiger partial charge >= 0.3 is 0 Å². The highest BCUT2D eigenvalue weighted by atomic mass is 16.5. The molecule has 1 aromatic rings. The molecule has 2 heterocycles. The molecule has 0 radical (unpaired) electrons. The third kappa shape index (κ3) is 4.16. The minimum atomic E-state index is 0.181. The molecule has 1 aromatic carbocycles. The molecule has 23 heavy (non-hydrogen) atoms. The van der Waals surface area contributed by atoms with E-state index in [-0.39, 0.29) is 6.10 Å². The van der Waals surface area contributed by atoms with Crippen LogP contribution in [0.5, 0.6) is 5.75 Å².